The van der Waals surface area contributed by atoms with E-state index >= 15 is 0 Å². The highest BCUT2D eigenvalue weighted by atomic mass is 14.8. The quantitative estimate of drug-likeness (QED) is 0.485. The first-order valence-electron chi connectivity index (χ1n) is 6.56. The highest BCUT2D eigenvalue weighted by Gasteiger charge is 2.25. The maximum absolute atomic E-state index is 9.26. The molecule has 94 valence electrons. The fourth-order valence-electron chi connectivity index (χ4n) is 3.00. The van der Waals surface area contributed by atoms with E-state index in [4.69, 9.17) is 4.98 Å². The molecule has 3 aromatic rings. The molecular weight excluding hydrogens is 246 g/mol. The molecule has 2 aromatic heterocycles. The van der Waals surface area contributed by atoms with Crippen LogP contribution < -0.4 is 0 Å². The Morgan fingerprint density at radius 3 is 2.90 bits per heavy atom. The summed E-state index contributed by atoms with van der Waals surface area (Å²) in [5, 5.41) is 9.26. The number of nitriles is 1. The van der Waals surface area contributed by atoms with Gasteiger partial charge in [-0.3, -0.25) is 4.98 Å². The largest absolute Gasteiger partial charge is 0.254 e. The zero-order valence-corrected chi connectivity index (χ0v) is 11.0. The van der Waals surface area contributed by atoms with Crippen LogP contribution in [0.2, 0.25) is 0 Å². The zero-order chi connectivity index (χ0) is 13.7. The molecule has 0 bridgehead atoms. The van der Waals surface area contributed by atoms with Crippen molar-refractivity contribution in [3.63, 3.8) is 0 Å². The summed E-state index contributed by atoms with van der Waals surface area (Å²) in [5.41, 5.74) is 8.19. The van der Waals surface area contributed by atoms with Crippen LogP contribution in [0.1, 0.15) is 22.3 Å². The summed E-state index contributed by atoms with van der Waals surface area (Å²) < 4.78 is 0. The van der Waals surface area contributed by atoms with Gasteiger partial charge in [-0.15, -0.1) is 0 Å². The van der Waals surface area contributed by atoms with Gasteiger partial charge in [-0.1, -0.05) is 12.1 Å². The Balaban J connectivity index is 2.10. The molecule has 0 amide bonds. The molecule has 20 heavy (non-hydrogen) atoms. The average Bonchev–Trinajstić information content (AvgIpc) is 2.87. The maximum atomic E-state index is 9.26. The summed E-state index contributed by atoms with van der Waals surface area (Å²) in [7, 11) is 0. The maximum Gasteiger partial charge on any atom is 0.0994 e. The number of hydrogen-bond acceptors (Lipinski definition) is 3. The third kappa shape index (κ3) is 1.33. The van der Waals surface area contributed by atoms with Crippen molar-refractivity contribution in [3.05, 3.63) is 58.8 Å². The predicted molar refractivity (Wildman–Crippen MR) is 77.2 cm³/mol. The van der Waals surface area contributed by atoms with Crippen LogP contribution in [0.4, 0.5) is 0 Å². The SMILES string of the molecule is Cc1c2c(nc3cccnc13)-c1cccc(C#N)c1C2. The Morgan fingerprint density at radius 1 is 1.15 bits per heavy atom. The Morgan fingerprint density at radius 2 is 2.05 bits per heavy atom. The molecule has 0 N–H and O–H groups in total. The van der Waals surface area contributed by atoms with Gasteiger partial charge < -0.3 is 0 Å². The van der Waals surface area contributed by atoms with Crippen LogP contribution in [0.3, 0.4) is 0 Å². The van der Waals surface area contributed by atoms with E-state index in [-0.39, 0.29) is 0 Å². The van der Waals surface area contributed by atoms with Gasteiger partial charge in [-0.2, -0.15) is 5.26 Å². The van der Waals surface area contributed by atoms with E-state index in [9.17, 15) is 5.26 Å². The second-order valence-corrected chi connectivity index (χ2v) is 5.06. The summed E-state index contributed by atoms with van der Waals surface area (Å²) in [6, 6.07) is 12.0. The van der Waals surface area contributed by atoms with Gasteiger partial charge in [0.15, 0.2) is 0 Å². The van der Waals surface area contributed by atoms with Crippen molar-refractivity contribution in [2.75, 3.05) is 0 Å². The molecule has 0 spiro atoms. The van der Waals surface area contributed by atoms with Crippen LogP contribution in [-0.4, -0.2) is 9.97 Å². The third-order valence-corrected chi connectivity index (χ3v) is 4.02. The van der Waals surface area contributed by atoms with E-state index in [1.54, 1.807) is 6.20 Å². The Bertz CT molecular complexity index is 904. The molecule has 1 aliphatic rings. The van der Waals surface area contributed by atoms with Crippen molar-refractivity contribution in [3.8, 4) is 17.3 Å². The van der Waals surface area contributed by atoms with E-state index < -0.39 is 0 Å². The topological polar surface area (TPSA) is 49.6 Å². The van der Waals surface area contributed by atoms with Crippen molar-refractivity contribution in [1.82, 2.24) is 9.97 Å². The highest BCUT2D eigenvalue weighted by molar-refractivity contribution is 5.87. The number of aromatic nitrogens is 2. The molecule has 0 radical (unpaired) electrons. The molecule has 1 aromatic carbocycles. The number of rotatable bonds is 0. The fourth-order valence-corrected chi connectivity index (χ4v) is 3.00. The molecular formula is C17H11N3. The molecule has 4 rings (SSSR count). The monoisotopic (exact) mass is 257 g/mol. The van der Waals surface area contributed by atoms with Crippen LogP contribution in [0.25, 0.3) is 22.3 Å². The first-order chi connectivity index (χ1) is 9.79. The minimum absolute atomic E-state index is 0.747. The van der Waals surface area contributed by atoms with E-state index in [0.717, 1.165) is 39.8 Å². The van der Waals surface area contributed by atoms with Crippen LogP contribution in [0.15, 0.2) is 36.5 Å². The number of aryl methyl sites for hydroxylation is 1. The molecule has 1 aliphatic carbocycles. The third-order valence-electron chi connectivity index (χ3n) is 4.02. The predicted octanol–water partition coefficient (Wildman–Crippen LogP) is 3.38. The van der Waals surface area contributed by atoms with Gasteiger partial charge in [-0.25, -0.2) is 4.98 Å². The van der Waals surface area contributed by atoms with Gasteiger partial charge in [0.1, 0.15) is 0 Å². The summed E-state index contributed by atoms with van der Waals surface area (Å²) >= 11 is 0. The fraction of sp³-hybridized carbons (Fsp3) is 0.118. The van der Waals surface area contributed by atoms with E-state index in [2.05, 4.69) is 24.0 Å². The van der Waals surface area contributed by atoms with E-state index in [1.807, 2.05) is 24.3 Å². The smallest absolute Gasteiger partial charge is 0.0994 e. The Kier molecular flexibility index (Phi) is 2.16. The van der Waals surface area contributed by atoms with E-state index in [0.29, 0.717) is 0 Å². The minimum Gasteiger partial charge on any atom is -0.254 e. The number of benzene rings is 1. The van der Waals surface area contributed by atoms with Gasteiger partial charge in [0, 0.05) is 18.2 Å². The first-order valence-corrected chi connectivity index (χ1v) is 6.56. The lowest BCUT2D eigenvalue weighted by atomic mass is 10.0. The normalized spacial score (nSPS) is 12.0. The van der Waals surface area contributed by atoms with Crippen molar-refractivity contribution in [2.45, 2.75) is 13.3 Å². The Labute approximate surface area is 116 Å². The van der Waals surface area contributed by atoms with Crippen LogP contribution >= 0.6 is 0 Å². The lowest BCUT2D eigenvalue weighted by Crippen LogP contribution is -1.94. The average molecular weight is 257 g/mol. The second kappa shape index (κ2) is 3.88. The molecule has 2 heterocycles. The standard InChI is InChI=1S/C17H11N3/c1-10-13-8-14-11(9-18)4-2-5-12(14)17(13)20-15-6-3-7-19-16(10)15/h2-7H,8H2,1H3. The molecule has 0 atom stereocenters. The summed E-state index contributed by atoms with van der Waals surface area (Å²) in [6.45, 7) is 2.09. The summed E-state index contributed by atoms with van der Waals surface area (Å²) in [5.74, 6) is 0. The molecule has 3 heteroatoms. The number of hydrogen-bond donors (Lipinski definition) is 0. The lowest BCUT2D eigenvalue weighted by molar-refractivity contribution is 1.18. The van der Waals surface area contributed by atoms with Gasteiger partial charge in [0.05, 0.1) is 28.4 Å². The number of fused-ring (bicyclic) bond motifs is 4. The molecule has 0 aliphatic heterocycles. The van der Waals surface area contributed by atoms with Crippen molar-refractivity contribution in [1.29, 1.82) is 5.26 Å². The minimum atomic E-state index is 0.747. The van der Waals surface area contributed by atoms with Gasteiger partial charge >= 0.3 is 0 Å². The molecule has 0 unspecified atom stereocenters. The molecule has 0 saturated heterocycles. The van der Waals surface area contributed by atoms with Crippen LogP contribution in [-0.2, 0) is 6.42 Å². The molecule has 3 nitrogen and oxygen atoms in total. The van der Waals surface area contributed by atoms with Gasteiger partial charge in [-0.05, 0) is 41.8 Å². The Hall–Kier alpha value is -2.73. The van der Waals surface area contributed by atoms with Crippen molar-refractivity contribution < 1.29 is 0 Å². The van der Waals surface area contributed by atoms with Crippen LogP contribution in [0.5, 0.6) is 0 Å². The molecule has 0 fully saturated rings. The van der Waals surface area contributed by atoms with Gasteiger partial charge in [0.2, 0.25) is 0 Å². The zero-order valence-electron chi connectivity index (χ0n) is 11.0. The van der Waals surface area contributed by atoms with E-state index in [1.165, 1.54) is 11.1 Å². The second-order valence-electron chi connectivity index (χ2n) is 5.06. The summed E-state index contributed by atoms with van der Waals surface area (Å²) in [4.78, 5) is 9.20. The number of pyridine rings is 2. The highest BCUT2D eigenvalue weighted by Crippen LogP contribution is 2.40. The van der Waals surface area contributed by atoms with Gasteiger partial charge in [0.25, 0.3) is 0 Å². The number of nitrogens with zero attached hydrogens (tertiary/aromatic N) is 3. The van der Waals surface area contributed by atoms with Crippen molar-refractivity contribution in [2.24, 2.45) is 0 Å². The lowest BCUT2D eigenvalue weighted by Gasteiger charge is -2.07. The van der Waals surface area contributed by atoms with Crippen LogP contribution in [0, 0.1) is 18.3 Å². The van der Waals surface area contributed by atoms with Crippen molar-refractivity contribution >= 4 is 11.0 Å². The molecule has 0 saturated carbocycles. The first kappa shape index (κ1) is 11.1. The summed E-state index contributed by atoms with van der Waals surface area (Å²) in [6.07, 6.45) is 2.58.